The van der Waals surface area contributed by atoms with E-state index < -0.39 is 0 Å². The number of benzene rings is 2. The summed E-state index contributed by atoms with van der Waals surface area (Å²) in [6, 6.07) is 16.9. The smallest absolute Gasteiger partial charge is 0.277 e. The number of amides is 1. The molecule has 0 fully saturated rings. The Morgan fingerprint density at radius 3 is 2.50 bits per heavy atom. The van der Waals surface area contributed by atoms with E-state index >= 15 is 0 Å². The van der Waals surface area contributed by atoms with Gasteiger partial charge in [0.25, 0.3) is 5.91 Å². The first-order chi connectivity index (χ1) is 10.6. The molecule has 110 valence electrons. The summed E-state index contributed by atoms with van der Waals surface area (Å²) in [5, 5.41) is 6.64. The van der Waals surface area contributed by atoms with Crippen LogP contribution in [0.5, 0.6) is 0 Å². The molecule has 4 nitrogen and oxygen atoms in total. The van der Waals surface area contributed by atoms with Gasteiger partial charge in [-0.2, -0.15) is 0 Å². The second-order valence-electron chi connectivity index (χ2n) is 5.20. The Balaban J connectivity index is 1.81. The minimum Gasteiger partial charge on any atom is -0.355 e. The SMILES string of the molecule is Cc1ccc(-c2cc(C(=O)Nc3ccccc3)no2)cc1C. The zero-order valence-electron chi connectivity index (χ0n) is 12.5. The fourth-order valence-electron chi connectivity index (χ4n) is 2.13. The minimum absolute atomic E-state index is 0.261. The summed E-state index contributed by atoms with van der Waals surface area (Å²) in [6.07, 6.45) is 0. The summed E-state index contributed by atoms with van der Waals surface area (Å²) in [5.41, 5.74) is 4.28. The third-order valence-corrected chi connectivity index (χ3v) is 3.57. The molecule has 3 rings (SSSR count). The van der Waals surface area contributed by atoms with Gasteiger partial charge in [-0.3, -0.25) is 4.79 Å². The van der Waals surface area contributed by atoms with Crippen LogP contribution in [0.4, 0.5) is 5.69 Å². The van der Waals surface area contributed by atoms with Crippen molar-refractivity contribution in [3.63, 3.8) is 0 Å². The molecule has 3 aromatic rings. The Hall–Kier alpha value is -2.88. The van der Waals surface area contributed by atoms with Gasteiger partial charge in [-0.1, -0.05) is 35.5 Å². The van der Waals surface area contributed by atoms with Crippen molar-refractivity contribution >= 4 is 11.6 Å². The van der Waals surface area contributed by atoms with Crippen LogP contribution in [0.25, 0.3) is 11.3 Å². The first kappa shape index (κ1) is 14.1. The van der Waals surface area contributed by atoms with E-state index in [1.54, 1.807) is 6.07 Å². The van der Waals surface area contributed by atoms with Gasteiger partial charge in [-0.05, 0) is 43.2 Å². The molecule has 1 heterocycles. The van der Waals surface area contributed by atoms with E-state index in [0.29, 0.717) is 5.76 Å². The van der Waals surface area contributed by atoms with Crippen molar-refractivity contribution in [1.29, 1.82) is 0 Å². The predicted molar refractivity (Wildman–Crippen MR) is 85.8 cm³/mol. The van der Waals surface area contributed by atoms with Crippen molar-refractivity contribution in [1.82, 2.24) is 5.16 Å². The van der Waals surface area contributed by atoms with Gasteiger partial charge in [-0.15, -0.1) is 0 Å². The number of para-hydroxylation sites is 1. The molecule has 0 spiro atoms. The zero-order valence-corrected chi connectivity index (χ0v) is 12.5. The number of carbonyl (C=O) groups excluding carboxylic acids is 1. The number of rotatable bonds is 3. The first-order valence-corrected chi connectivity index (χ1v) is 7.04. The highest BCUT2D eigenvalue weighted by Gasteiger charge is 2.14. The topological polar surface area (TPSA) is 55.1 Å². The number of aromatic nitrogens is 1. The van der Waals surface area contributed by atoms with Gasteiger partial charge in [0.05, 0.1) is 0 Å². The molecular weight excluding hydrogens is 276 g/mol. The maximum absolute atomic E-state index is 12.1. The van der Waals surface area contributed by atoms with Gasteiger partial charge in [0.2, 0.25) is 0 Å². The number of hydrogen-bond donors (Lipinski definition) is 1. The van der Waals surface area contributed by atoms with Gasteiger partial charge in [0.15, 0.2) is 11.5 Å². The van der Waals surface area contributed by atoms with Crippen molar-refractivity contribution in [2.75, 3.05) is 5.32 Å². The van der Waals surface area contributed by atoms with Gasteiger partial charge in [-0.25, -0.2) is 0 Å². The van der Waals surface area contributed by atoms with Crippen molar-refractivity contribution in [3.8, 4) is 11.3 Å². The largest absolute Gasteiger partial charge is 0.355 e. The van der Waals surface area contributed by atoms with Crippen LogP contribution in [-0.2, 0) is 0 Å². The van der Waals surface area contributed by atoms with Crippen molar-refractivity contribution in [2.45, 2.75) is 13.8 Å². The number of anilines is 1. The lowest BCUT2D eigenvalue weighted by Crippen LogP contribution is -2.11. The molecule has 22 heavy (non-hydrogen) atoms. The van der Waals surface area contributed by atoms with Crippen LogP contribution in [-0.4, -0.2) is 11.1 Å². The molecule has 0 saturated carbocycles. The summed E-state index contributed by atoms with van der Waals surface area (Å²) in [7, 11) is 0. The van der Waals surface area contributed by atoms with Crippen LogP contribution in [0.2, 0.25) is 0 Å². The lowest BCUT2D eigenvalue weighted by atomic mass is 10.0. The third-order valence-electron chi connectivity index (χ3n) is 3.57. The van der Waals surface area contributed by atoms with Gasteiger partial charge in [0, 0.05) is 17.3 Å². The van der Waals surface area contributed by atoms with Crippen LogP contribution < -0.4 is 5.32 Å². The van der Waals surface area contributed by atoms with Crippen LogP contribution in [0.15, 0.2) is 59.1 Å². The molecule has 0 saturated heterocycles. The fraction of sp³-hybridized carbons (Fsp3) is 0.111. The molecule has 1 N–H and O–H groups in total. The average molecular weight is 292 g/mol. The maximum atomic E-state index is 12.1. The van der Waals surface area contributed by atoms with Crippen LogP contribution in [0.1, 0.15) is 21.6 Å². The molecular formula is C18H16N2O2. The summed E-state index contributed by atoms with van der Waals surface area (Å²) < 4.78 is 5.29. The Morgan fingerprint density at radius 2 is 1.77 bits per heavy atom. The minimum atomic E-state index is -0.287. The van der Waals surface area contributed by atoms with Crippen LogP contribution in [0, 0.1) is 13.8 Å². The number of carbonyl (C=O) groups is 1. The zero-order chi connectivity index (χ0) is 15.5. The summed E-state index contributed by atoms with van der Waals surface area (Å²) in [6.45, 7) is 4.09. The molecule has 0 radical (unpaired) electrons. The molecule has 0 unspecified atom stereocenters. The summed E-state index contributed by atoms with van der Waals surface area (Å²) in [5.74, 6) is 0.298. The quantitative estimate of drug-likeness (QED) is 0.786. The van der Waals surface area contributed by atoms with E-state index in [4.69, 9.17) is 4.52 Å². The molecule has 0 bridgehead atoms. The Morgan fingerprint density at radius 1 is 1.00 bits per heavy atom. The number of aryl methyl sites for hydroxylation is 2. The predicted octanol–water partition coefficient (Wildman–Crippen LogP) is 4.21. The highest BCUT2D eigenvalue weighted by atomic mass is 16.5. The molecule has 1 amide bonds. The van der Waals surface area contributed by atoms with Gasteiger partial charge in [0.1, 0.15) is 0 Å². The lowest BCUT2D eigenvalue weighted by Gasteiger charge is -2.01. The maximum Gasteiger partial charge on any atom is 0.277 e. The number of hydrogen-bond acceptors (Lipinski definition) is 3. The Kier molecular flexibility index (Phi) is 3.74. The monoisotopic (exact) mass is 292 g/mol. The van der Waals surface area contributed by atoms with E-state index in [2.05, 4.69) is 17.4 Å². The third kappa shape index (κ3) is 2.91. The highest BCUT2D eigenvalue weighted by molar-refractivity contribution is 6.03. The number of nitrogens with zero attached hydrogens (tertiary/aromatic N) is 1. The molecule has 2 aromatic carbocycles. The molecule has 0 aliphatic carbocycles. The molecule has 0 aliphatic heterocycles. The van der Waals surface area contributed by atoms with E-state index in [0.717, 1.165) is 11.3 Å². The standard InChI is InChI=1S/C18H16N2O2/c1-12-8-9-14(10-13(12)2)17-11-16(20-22-17)18(21)19-15-6-4-3-5-7-15/h3-11H,1-2H3,(H,19,21). The van der Waals surface area contributed by atoms with E-state index in [9.17, 15) is 4.79 Å². The van der Waals surface area contributed by atoms with Crippen molar-refractivity contribution in [2.24, 2.45) is 0 Å². The molecule has 0 atom stereocenters. The lowest BCUT2D eigenvalue weighted by molar-refractivity contribution is 0.101. The van der Waals surface area contributed by atoms with Crippen molar-refractivity contribution in [3.05, 3.63) is 71.4 Å². The average Bonchev–Trinajstić information content (AvgIpc) is 3.01. The Bertz CT molecular complexity index is 807. The van der Waals surface area contributed by atoms with Crippen molar-refractivity contribution < 1.29 is 9.32 Å². The van der Waals surface area contributed by atoms with E-state index in [1.807, 2.05) is 55.5 Å². The molecule has 0 aliphatic rings. The second kappa shape index (κ2) is 5.85. The van der Waals surface area contributed by atoms with Gasteiger partial charge < -0.3 is 9.84 Å². The van der Waals surface area contributed by atoms with E-state index in [1.165, 1.54) is 11.1 Å². The fourth-order valence-corrected chi connectivity index (χ4v) is 2.13. The van der Waals surface area contributed by atoms with Gasteiger partial charge >= 0.3 is 0 Å². The van der Waals surface area contributed by atoms with Crippen LogP contribution in [0.3, 0.4) is 0 Å². The second-order valence-corrected chi connectivity index (χ2v) is 5.20. The summed E-state index contributed by atoms with van der Waals surface area (Å²) in [4.78, 5) is 12.1. The Labute approximate surface area is 128 Å². The van der Waals surface area contributed by atoms with Crippen LogP contribution >= 0.6 is 0 Å². The first-order valence-electron chi connectivity index (χ1n) is 7.04. The normalized spacial score (nSPS) is 10.5. The molecule has 1 aromatic heterocycles. The molecule has 4 heteroatoms. The number of nitrogens with one attached hydrogen (secondary N) is 1. The van der Waals surface area contributed by atoms with E-state index in [-0.39, 0.29) is 11.6 Å². The highest BCUT2D eigenvalue weighted by Crippen LogP contribution is 2.23. The summed E-state index contributed by atoms with van der Waals surface area (Å²) >= 11 is 0.